The third kappa shape index (κ3) is 9.07. The third-order valence-corrected chi connectivity index (χ3v) is 12.3. The van der Waals surface area contributed by atoms with E-state index < -0.39 is 36.7 Å². The number of aromatic nitrogens is 8. The molecule has 0 atom stereocenters. The van der Waals surface area contributed by atoms with Crippen LogP contribution in [0.15, 0.2) is 82.6 Å². The van der Waals surface area contributed by atoms with Crippen molar-refractivity contribution in [1.29, 1.82) is 0 Å². The van der Waals surface area contributed by atoms with E-state index in [2.05, 4.69) is 25.3 Å². The molecule has 0 saturated heterocycles. The van der Waals surface area contributed by atoms with Gasteiger partial charge in [-0.2, -0.15) is 0 Å². The lowest BCUT2D eigenvalue weighted by atomic mass is 9.87. The van der Waals surface area contributed by atoms with E-state index in [1.807, 2.05) is 39.0 Å². The highest BCUT2D eigenvalue weighted by atomic mass is 19.3. The molecular formula is C49H50F4N8O4. The largest absolute Gasteiger partial charge is 0.493 e. The summed E-state index contributed by atoms with van der Waals surface area (Å²) < 4.78 is 110. The molecule has 2 aliphatic rings. The molecule has 1 N–H and O–H groups in total. The Morgan fingerprint density at radius 1 is 0.646 bits per heavy atom. The van der Waals surface area contributed by atoms with Crippen molar-refractivity contribution in [3.05, 3.63) is 96.5 Å². The number of hydrogen-bond acceptors (Lipinski definition) is 10. The molecule has 0 bridgehead atoms. The van der Waals surface area contributed by atoms with Crippen molar-refractivity contribution in [2.45, 2.75) is 104 Å². The lowest BCUT2D eigenvalue weighted by molar-refractivity contribution is -0.0477. The van der Waals surface area contributed by atoms with Gasteiger partial charge in [-0.3, -0.25) is 9.97 Å². The molecule has 338 valence electrons. The first kappa shape index (κ1) is 38.8. The average molecular weight is 895 g/mol. The quantitative estimate of drug-likeness (QED) is 0.139. The van der Waals surface area contributed by atoms with Crippen LogP contribution in [0.1, 0.15) is 79.8 Å². The molecule has 2 aliphatic carbocycles. The molecule has 2 fully saturated rings. The molecule has 0 radical (unpaired) electrons. The Morgan fingerprint density at radius 2 is 1.08 bits per heavy atom. The molecule has 8 aromatic rings. The van der Waals surface area contributed by atoms with Crippen molar-refractivity contribution in [1.82, 2.24) is 39.4 Å². The van der Waals surface area contributed by atoms with Crippen molar-refractivity contribution < 1.29 is 41.9 Å². The minimum absolute atomic E-state index is 0.0900. The van der Waals surface area contributed by atoms with E-state index in [1.54, 1.807) is 54.6 Å². The van der Waals surface area contributed by atoms with Crippen LogP contribution in [-0.4, -0.2) is 63.4 Å². The van der Waals surface area contributed by atoms with Crippen LogP contribution in [0.4, 0.5) is 17.6 Å². The number of halogens is 4. The zero-order chi connectivity index (χ0) is 49.2. The Balaban J connectivity index is 0.000000172. The van der Waals surface area contributed by atoms with Gasteiger partial charge in [0.05, 0.1) is 46.0 Å². The number of fused-ring (bicyclic) bond motifs is 2. The van der Waals surface area contributed by atoms with Crippen molar-refractivity contribution in [3.63, 3.8) is 0 Å². The van der Waals surface area contributed by atoms with Gasteiger partial charge in [0.25, 0.3) is 0 Å². The maximum absolute atomic E-state index is 13.8. The maximum atomic E-state index is 13.8. The van der Waals surface area contributed by atoms with Crippen molar-refractivity contribution in [2.24, 2.45) is 11.8 Å². The summed E-state index contributed by atoms with van der Waals surface area (Å²) in [5, 5.41) is 17.6. The van der Waals surface area contributed by atoms with Gasteiger partial charge in [-0.25, -0.2) is 27.5 Å². The van der Waals surface area contributed by atoms with Crippen LogP contribution in [-0.2, 0) is 13.0 Å². The molecule has 0 aliphatic heterocycles. The SMILES string of the molecule is [2H]C([2H])(C1CCC(F)(F)CC1)n1cc(-c2ccc(O)nc2)c2ncc(-c3c(C)noc3C)cc21.[2H]C([2H])(C1CCC(F)(F)CC1)n1cc(-c2ccc(OC)nc2)c2ncc(-c3c(C)noc3C)cc21. The summed E-state index contributed by atoms with van der Waals surface area (Å²) >= 11 is 0. The first-order valence-electron chi connectivity index (χ1n) is 23.5. The Labute approximate surface area is 378 Å². The summed E-state index contributed by atoms with van der Waals surface area (Å²) in [6, 6.07) is 10.4. The molecule has 16 heteroatoms. The number of aromatic hydroxyl groups is 1. The smallest absolute Gasteiger partial charge is 0.248 e. The Bertz CT molecular complexity index is 3110. The molecule has 8 heterocycles. The number of nitrogens with zero attached hydrogens (tertiary/aromatic N) is 8. The summed E-state index contributed by atoms with van der Waals surface area (Å²) in [6.45, 7) is 3.46. The lowest BCUT2D eigenvalue weighted by Gasteiger charge is -2.28. The standard InChI is InChI=1S/C25H26F2N4O2.C24H24F2N4O2/c1-15-23(16(2)33-30-15)19-10-21-24(29-12-19)20(18-4-5-22(32-3)28-11-18)14-31(21)13-17-6-8-25(26,27)9-7-17;1-14-22(15(2)32-29-14)18-9-20-23(28-11-18)19(17-3-4-21(31)27-10-17)13-30(20)12-16-5-7-24(25,26)8-6-16/h4-5,10-12,14,17H,6-9,13H2,1-3H3;3-4,9-11,13,16H,5-8,12H2,1-2H3,(H,27,31)/i13D2;12D2. The molecule has 0 spiro atoms. The monoisotopic (exact) mass is 894 g/mol. The minimum atomic E-state index is -2.74. The first-order chi connectivity index (χ1) is 32.7. The molecular weight excluding hydrogens is 841 g/mol. The van der Waals surface area contributed by atoms with Crippen LogP contribution < -0.4 is 4.74 Å². The predicted octanol–water partition coefficient (Wildman–Crippen LogP) is 12.1. The Kier molecular flexibility index (Phi) is 10.4. The molecule has 8 aromatic heterocycles. The van der Waals surface area contributed by atoms with Gasteiger partial charge in [0, 0.05) is 132 Å². The number of alkyl halides is 4. The number of rotatable bonds is 9. The predicted molar refractivity (Wildman–Crippen MR) is 238 cm³/mol. The fourth-order valence-corrected chi connectivity index (χ4v) is 8.85. The summed E-state index contributed by atoms with van der Waals surface area (Å²) in [7, 11) is 1.54. The minimum Gasteiger partial charge on any atom is -0.493 e. The van der Waals surface area contributed by atoms with Crippen LogP contribution in [0.3, 0.4) is 0 Å². The zero-order valence-electron chi connectivity index (χ0n) is 40.5. The van der Waals surface area contributed by atoms with E-state index in [4.69, 9.17) is 24.3 Å². The number of ether oxygens (including phenoxy) is 1. The highest BCUT2D eigenvalue weighted by Crippen LogP contribution is 2.41. The van der Waals surface area contributed by atoms with E-state index in [9.17, 15) is 22.7 Å². The van der Waals surface area contributed by atoms with E-state index in [-0.39, 0.29) is 57.2 Å². The van der Waals surface area contributed by atoms with Crippen LogP contribution in [0.5, 0.6) is 11.8 Å². The van der Waals surface area contributed by atoms with Crippen LogP contribution in [0.25, 0.3) is 66.6 Å². The van der Waals surface area contributed by atoms with Gasteiger partial charge >= 0.3 is 0 Å². The highest BCUT2D eigenvalue weighted by Gasteiger charge is 2.36. The van der Waals surface area contributed by atoms with E-state index in [0.717, 1.165) is 27.8 Å². The van der Waals surface area contributed by atoms with Crippen LogP contribution >= 0.6 is 0 Å². The van der Waals surface area contributed by atoms with Crippen LogP contribution in [0, 0.1) is 39.5 Å². The zero-order valence-corrected chi connectivity index (χ0v) is 36.5. The fourth-order valence-electron chi connectivity index (χ4n) is 8.85. The fraction of sp³-hybridized carbons (Fsp3) is 0.388. The van der Waals surface area contributed by atoms with E-state index in [0.29, 0.717) is 67.5 Å². The van der Waals surface area contributed by atoms with Gasteiger partial charge in [-0.05, 0) is 89.5 Å². The summed E-state index contributed by atoms with van der Waals surface area (Å²) in [6.07, 6.45) is 9.05. The van der Waals surface area contributed by atoms with E-state index in [1.165, 1.54) is 23.9 Å². The number of hydrogen-bond donors (Lipinski definition) is 1. The lowest BCUT2D eigenvalue weighted by Crippen LogP contribution is -2.26. The molecule has 65 heavy (non-hydrogen) atoms. The molecule has 0 unspecified atom stereocenters. The molecule has 0 aromatic carbocycles. The number of pyridine rings is 4. The van der Waals surface area contributed by atoms with Crippen molar-refractivity contribution >= 4 is 22.1 Å². The van der Waals surface area contributed by atoms with Crippen LogP contribution in [0.2, 0.25) is 0 Å². The summed E-state index contributed by atoms with van der Waals surface area (Å²) in [5.74, 6) is -5.01. The van der Waals surface area contributed by atoms with Crippen molar-refractivity contribution in [3.8, 4) is 56.3 Å². The Morgan fingerprint density at radius 3 is 1.45 bits per heavy atom. The number of methoxy groups -OCH3 is 1. The average Bonchev–Trinajstić information content (AvgIpc) is 4.08. The highest BCUT2D eigenvalue weighted by molar-refractivity contribution is 5.96. The van der Waals surface area contributed by atoms with Crippen molar-refractivity contribution in [2.75, 3.05) is 7.11 Å². The summed E-state index contributed by atoms with van der Waals surface area (Å²) in [5.41, 5.74) is 9.44. The van der Waals surface area contributed by atoms with Gasteiger partial charge in [-0.15, -0.1) is 0 Å². The molecule has 0 amide bonds. The maximum Gasteiger partial charge on any atom is 0.248 e. The molecule has 12 nitrogen and oxygen atoms in total. The van der Waals surface area contributed by atoms with Gasteiger partial charge in [0.2, 0.25) is 23.6 Å². The third-order valence-electron chi connectivity index (χ3n) is 12.3. The second-order valence-corrected chi connectivity index (χ2v) is 16.9. The molecule has 10 rings (SSSR count). The van der Waals surface area contributed by atoms with Gasteiger partial charge in [0.1, 0.15) is 11.5 Å². The molecule has 2 saturated carbocycles. The van der Waals surface area contributed by atoms with Gasteiger partial charge in [0.15, 0.2) is 0 Å². The normalized spacial score (nSPS) is 17.9. The first-order valence-corrected chi connectivity index (χ1v) is 21.5. The topological polar surface area (TPSA) is 143 Å². The summed E-state index contributed by atoms with van der Waals surface area (Å²) in [4.78, 5) is 17.6. The number of aryl methyl sites for hydroxylation is 4. The van der Waals surface area contributed by atoms with Gasteiger partial charge < -0.3 is 28.0 Å². The second kappa shape index (κ2) is 17.4. The van der Waals surface area contributed by atoms with E-state index >= 15 is 0 Å². The Hall–Kier alpha value is -6.58. The second-order valence-electron chi connectivity index (χ2n) is 16.9. The van der Waals surface area contributed by atoms with Gasteiger partial charge in [-0.1, -0.05) is 10.3 Å².